The number of rotatable bonds is 3. The number of carbonyl (C=O) groups excluding carboxylic acids is 1. The first-order valence-corrected chi connectivity index (χ1v) is 5.38. The van der Waals surface area contributed by atoms with Gasteiger partial charge in [0.1, 0.15) is 11.4 Å². The molecule has 1 aromatic rings. The van der Waals surface area contributed by atoms with Crippen molar-refractivity contribution in [3.63, 3.8) is 0 Å². The van der Waals surface area contributed by atoms with E-state index in [-0.39, 0.29) is 10.7 Å². The summed E-state index contributed by atoms with van der Waals surface area (Å²) in [6, 6.07) is 2.71. The highest BCUT2D eigenvalue weighted by atomic mass is 35.5. The lowest BCUT2D eigenvalue weighted by Gasteiger charge is -2.21. The Morgan fingerprint density at radius 2 is 2.00 bits per heavy atom. The monoisotopic (exact) mass is 274 g/mol. The van der Waals surface area contributed by atoms with E-state index in [1.54, 1.807) is 0 Å². The SMILES string of the molecule is CC(C)(NC(=O)Nc1ccc(F)cc1Cl)C(=O)O. The van der Waals surface area contributed by atoms with Crippen LogP contribution in [0, 0.1) is 5.82 Å². The quantitative estimate of drug-likeness (QED) is 0.792. The summed E-state index contributed by atoms with van der Waals surface area (Å²) >= 11 is 5.71. The van der Waals surface area contributed by atoms with E-state index in [0.29, 0.717) is 0 Å². The number of carboxylic acid groups (broad SMARTS) is 1. The number of hydrogen-bond donors (Lipinski definition) is 3. The van der Waals surface area contributed by atoms with Gasteiger partial charge in [-0.3, -0.25) is 0 Å². The first kappa shape index (κ1) is 14.2. The molecule has 1 aromatic carbocycles. The van der Waals surface area contributed by atoms with Crippen LogP contribution in [0.3, 0.4) is 0 Å². The summed E-state index contributed by atoms with van der Waals surface area (Å²) in [5.74, 6) is -1.71. The normalized spacial score (nSPS) is 10.9. The molecule has 0 aliphatic heterocycles. The Bertz CT molecular complexity index is 491. The molecule has 98 valence electrons. The van der Waals surface area contributed by atoms with Gasteiger partial charge in [0.15, 0.2) is 0 Å². The van der Waals surface area contributed by atoms with Gasteiger partial charge in [0.25, 0.3) is 0 Å². The number of carbonyl (C=O) groups is 2. The molecule has 0 spiro atoms. The number of benzene rings is 1. The summed E-state index contributed by atoms with van der Waals surface area (Å²) in [5, 5.41) is 13.4. The molecule has 3 N–H and O–H groups in total. The third kappa shape index (κ3) is 3.59. The van der Waals surface area contributed by atoms with Crippen molar-refractivity contribution >= 4 is 29.3 Å². The Balaban J connectivity index is 2.74. The Morgan fingerprint density at radius 1 is 1.39 bits per heavy atom. The fourth-order valence-corrected chi connectivity index (χ4v) is 1.30. The minimum absolute atomic E-state index is 0.0262. The molecule has 0 fully saturated rings. The maximum absolute atomic E-state index is 12.8. The van der Waals surface area contributed by atoms with Gasteiger partial charge in [-0.2, -0.15) is 0 Å². The van der Waals surface area contributed by atoms with Gasteiger partial charge in [0.05, 0.1) is 10.7 Å². The minimum Gasteiger partial charge on any atom is -0.480 e. The van der Waals surface area contributed by atoms with Crippen LogP contribution in [0.1, 0.15) is 13.8 Å². The third-order valence-electron chi connectivity index (χ3n) is 2.14. The van der Waals surface area contributed by atoms with Crippen molar-refractivity contribution in [3.05, 3.63) is 29.0 Å². The molecular weight excluding hydrogens is 263 g/mol. The molecule has 0 aliphatic rings. The Labute approximate surface area is 108 Å². The Morgan fingerprint density at radius 3 is 2.50 bits per heavy atom. The fraction of sp³-hybridized carbons (Fsp3) is 0.273. The smallest absolute Gasteiger partial charge is 0.328 e. The number of aliphatic carboxylic acids is 1. The average molecular weight is 275 g/mol. The fourth-order valence-electron chi connectivity index (χ4n) is 1.08. The van der Waals surface area contributed by atoms with Crippen molar-refractivity contribution in [3.8, 4) is 0 Å². The summed E-state index contributed by atoms with van der Waals surface area (Å²) in [7, 11) is 0. The van der Waals surface area contributed by atoms with E-state index >= 15 is 0 Å². The molecule has 0 saturated heterocycles. The zero-order valence-corrected chi connectivity index (χ0v) is 10.5. The number of amides is 2. The zero-order chi connectivity index (χ0) is 13.9. The molecule has 0 atom stereocenters. The van der Waals surface area contributed by atoms with E-state index in [9.17, 15) is 14.0 Å². The molecule has 0 aromatic heterocycles. The number of nitrogens with one attached hydrogen (secondary N) is 2. The summed E-state index contributed by atoms with van der Waals surface area (Å²) in [5.41, 5.74) is -1.23. The molecule has 0 bridgehead atoms. The van der Waals surface area contributed by atoms with Gasteiger partial charge in [-0.15, -0.1) is 0 Å². The zero-order valence-electron chi connectivity index (χ0n) is 9.75. The highest BCUT2D eigenvalue weighted by Crippen LogP contribution is 2.22. The van der Waals surface area contributed by atoms with Crippen LogP contribution in [-0.4, -0.2) is 22.6 Å². The molecule has 18 heavy (non-hydrogen) atoms. The van der Waals surface area contributed by atoms with Crippen molar-refractivity contribution in [2.24, 2.45) is 0 Å². The van der Waals surface area contributed by atoms with Crippen LogP contribution in [-0.2, 0) is 4.79 Å². The highest BCUT2D eigenvalue weighted by molar-refractivity contribution is 6.33. The predicted molar refractivity (Wildman–Crippen MR) is 65.3 cm³/mol. The second kappa shape index (κ2) is 5.22. The summed E-state index contributed by atoms with van der Waals surface area (Å²) in [6.07, 6.45) is 0. The molecule has 0 saturated carbocycles. The van der Waals surface area contributed by atoms with Gasteiger partial charge in [0, 0.05) is 0 Å². The van der Waals surface area contributed by atoms with Crippen molar-refractivity contribution in [2.75, 3.05) is 5.32 Å². The van der Waals surface area contributed by atoms with Crippen LogP contribution < -0.4 is 10.6 Å². The van der Waals surface area contributed by atoms with Crippen LogP contribution in [0.2, 0.25) is 5.02 Å². The van der Waals surface area contributed by atoms with E-state index in [1.165, 1.54) is 19.9 Å². The summed E-state index contributed by atoms with van der Waals surface area (Å²) in [4.78, 5) is 22.3. The third-order valence-corrected chi connectivity index (χ3v) is 2.45. The van der Waals surface area contributed by atoms with E-state index in [0.717, 1.165) is 12.1 Å². The van der Waals surface area contributed by atoms with Crippen molar-refractivity contribution in [1.82, 2.24) is 5.32 Å². The molecule has 1 rings (SSSR count). The number of halogens is 2. The number of carboxylic acids is 1. The van der Waals surface area contributed by atoms with Gasteiger partial charge in [-0.1, -0.05) is 11.6 Å². The molecule has 0 heterocycles. The Hall–Kier alpha value is -1.82. The average Bonchev–Trinajstić information content (AvgIpc) is 2.21. The number of urea groups is 1. The van der Waals surface area contributed by atoms with Crippen LogP contribution >= 0.6 is 11.6 Å². The summed E-state index contributed by atoms with van der Waals surface area (Å²) in [6.45, 7) is 2.67. The molecule has 5 nitrogen and oxygen atoms in total. The van der Waals surface area contributed by atoms with Gasteiger partial charge in [-0.25, -0.2) is 14.0 Å². The topological polar surface area (TPSA) is 78.4 Å². The second-order valence-electron chi connectivity index (χ2n) is 4.13. The Kier molecular flexibility index (Phi) is 4.13. The largest absolute Gasteiger partial charge is 0.480 e. The van der Waals surface area contributed by atoms with Crippen molar-refractivity contribution < 1.29 is 19.1 Å². The molecular formula is C11H12ClFN2O3. The lowest BCUT2D eigenvalue weighted by atomic mass is 10.1. The number of hydrogen-bond acceptors (Lipinski definition) is 2. The highest BCUT2D eigenvalue weighted by Gasteiger charge is 2.29. The van der Waals surface area contributed by atoms with Gasteiger partial charge < -0.3 is 15.7 Å². The molecule has 0 radical (unpaired) electrons. The maximum atomic E-state index is 12.8. The summed E-state index contributed by atoms with van der Waals surface area (Å²) < 4.78 is 12.8. The standard InChI is InChI=1S/C11H12ClFN2O3/c1-11(2,9(16)17)15-10(18)14-8-4-3-6(13)5-7(8)12/h3-5H,1-2H3,(H,16,17)(H2,14,15,18). The van der Waals surface area contributed by atoms with Crippen LogP contribution in [0.4, 0.5) is 14.9 Å². The minimum atomic E-state index is -1.42. The molecule has 0 aliphatic carbocycles. The number of anilines is 1. The van der Waals surface area contributed by atoms with E-state index < -0.39 is 23.4 Å². The lowest BCUT2D eigenvalue weighted by Crippen LogP contribution is -2.51. The van der Waals surface area contributed by atoms with E-state index in [2.05, 4.69) is 10.6 Å². The first-order valence-electron chi connectivity index (χ1n) is 5.00. The lowest BCUT2D eigenvalue weighted by molar-refractivity contribution is -0.142. The molecule has 2 amide bonds. The van der Waals surface area contributed by atoms with Gasteiger partial charge >= 0.3 is 12.0 Å². The van der Waals surface area contributed by atoms with Crippen LogP contribution in [0.5, 0.6) is 0 Å². The molecule has 0 unspecified atom stereocenters. The van der Waals surface area contributed by atoms with Crippen LogP contribution in [0.25, 0.3) is 0 Å². The second-order valence-corrected chi connectivity index (χ2v) is 4.54. The predicted octanol–water partition coefficient (Wildman–Crippen LogP) is 2.46. The van der Waals surface area contributed by atoms with E-state index in [4.69, 9.17) is 16.7 Å². The first-order chi connectivity index (χ1) is 8.22. The van der Waals surface area contributed by atoms with Crippen molar-refractivity contribution in [2.45, 2.75) is 19.4 Å². The van der Waals surface area contributed by atoms with Gasteiger partial charge in [-0.05, 0) is 32.0 Å². The van der Waals surface area contributed by atoms with Crippen LogP contribution in [0.15, 0.2) is 18.2 Å². The molecule has 7 heteroatoms. The maximum Gasteiger partial charge on any atom is 0.328 e. The van der Waals surface area contributed by atoms with E-state index in [1.807, 2.05) is 0 Å². The van der Waals surface area contributed by atoms with Gasteiger partial charge in [0.2, 0.25) is 0 Å². The van der Waals surface area contributed by atoms with Crippen molar-refractivity contribution in [1.29, 1.82) is 0 Å².